The molecular weight excluding hydrogens is 263 g/mol. The van der Waals surface area contributed by atoms with Crippen LogP contribution >= 0.6 is 0 Å². The van der Waals surface area contributed by atoms with Crippen LogP contribution in [0.2, 0.25) is 0 Å². The molecule has 20 heavy (non-hydrogen) atoms. The number of hydrogen-bond donors (Lipinski definition) is 2. The molecule has 2 amide bonds. The third-order valence-electron chi connectivity index (χ3n) is 3.26. The van der Waals surface area contributed by atoms with Gasteiger partial charge >= 0.3 is 12.0 Å². The number of nitrogens with zero attached hydrogens (tertiary/aromatic N) is 1. The first kappa shape index (κ1) is 15.9. The number of nitrogens with one attached hydrogen (secondary N) is 1. The molecule has 1 aromatic carbocycles. The summed E-state index contributed by atoms with van der Waals surface area (Å²) in [5.74, 6) is -1.49. The van der Waals surface area contributed by atoms with Gasteiger partial charge in [0.2, 0.25) is 0 Å². The first-order valence-corrected chi connectivity index (χ1v) is 6.39. The van der Waals surface area contributed by atoms with Gasteiger partial charge in [-0.05, 0) is 19.4 Å². The van der Waals surface area contributed by atoms with E-state index in [0.29, 0.717) is 5.56 Å². The predicted molar refractivity (Wildman–Crippen MR) is 72.8 cm³/mol. The minimum Gasteiger partial charge on any atom is -0.480 e. The second-order valence-corrected chi connectivity index (χ2v) is 4.56. The highest BCUT2D eigenvalue weighted by Crippen LogP contribution is 2.21. The maximum atomic E-state index is 13.7. The molecule has 2 N–H and O–H groups in total. The number of aliphatic carboxylic acids is 1. The van der Waals surface area contributed by atoms with Crippen molar-refractivity contribution < 1.29 is 19.1 Å². The summed E-state index contributed by atoms with van der Waals surface area (Å²) in [5, 5.41) is 11.3. The number of hydrogen-bond acceptors (Lipinski definition) is 2. The van der Waals surface area contributed by atoms with Crippen molar-refractivity contribution in [3.05, 3.63) is 35.6 Å². The van der Waals surface area contributed by atoms with E-state index in [1.165, 1.54) is 18.0 Å². The number of amides is 2. The fraction of sp³-hybridized carbons (Fsp3) is 0.429. The van der Waals surface area contributed by atoms with Crippen molar-refractivity contribution in [1.29, 1.82) is 0 Å². The molecule has 0 spiro atoms. The average molecular weight is 282 g/mol. The zero-order chi connectivity index (χ0) is 15.3. The molecule has 1 aromatic rings. The van der Waals surface area contributed by atoms with Crippen molar-refractivity contribution >= 4 is 12.0 Å². The minimum absolute atomic E-state index is 0.281. The molecule has 0 fully saturated rings. The van der Waals surface area contributed by atoms with E-state index in [1.54, 1.807) is 32.0 Å². The Labute approximate surface area is 117 Å². The van der Waals surface area contributed by atoms with Crippen LogP contribution in [0, 0.1) is 5.82 Å². The van der Waals surface area contributed by atoms with E-state index in [2.05, 4.69) is 5.32 Å². The average Bonchev–Trinajstić information content (AvgIpc) is 2.43. The Bertz CT molecular complexity index is 493. The van der Waals surface area contributed by atoms with E-state index in [9.17, 15) is 14.0 Å². The summed E-state index contributed by atoms with van der Waals surface area (Å²) in [4.78, 5) is 24.1. The normalized spacial score (nSPS) is 13.4. The van der Waals surface area contributed by atoms with Crippen LogP contribution in [0.25, 0.3) is 0 Å². The fourth-order valence-corrected chi connectivity index (χ4v) is 1.79. The Morgan fingerprint density at radius 2 is 2.00 bits per heavy atom. The highest BCUT2D eigenvalue weighted by molar-refractivity contribution is 5.82. The minimum atomic E-state index is -1.09. The van der Waals surface area contributed by atoms with Crippen LogP contribution in [0.3, 0.4) is 0 Å². The van der Waals surface area contributed by atoms with Gasteiger partial charge in [-0.25, -0.2) is 14.0 Å². The molecule has 0 saturated heterocycles. The lowest BCUT2D eigenvalue weighted by molar-refractivity contribution is -0.139. The Kier molecular flexibility index (Phi) is 5.49. The quantitative estimate of drug-likeness (QED) is 0.871. The van der Waals surface area contributed by atoms with E-state index in [1.807, 2.05) is 0 Å². The molecule has 6 heteroatoms. The number of carboxylic acid groups (broad SMARTS) is 1. The zero-order valence-corrected chi connectivity index (χ0v) is 11.8. The van der Waals surface area contributed by atoms with Crippen LogP contribution in [0.1, 0.15) is 31.9 Å². The molecule has 0 radical (unpaired) electrons. The zero-order valence-electron chi connectivity index (χ0n) is 11.8. The number of carbonyl (C=O) groups excluding carboxylic acids is 1. The van der Waals surface area contributed by atoms with Crippen molar-refractivity contribution in [2.45, 2.75) is 32.4 Å². The molecule has 0 saturated carbocycles. The van der Waals surface area contributed by atoms with Crippen LogP contribution in [-0.2, 0) is 4.79 Å². The number of carboxylic acids is 1. The van der Waals surface area contributed by atoms with Gasteiger partial charge in [-0.2, -0.15) is 0 Å². The molecule has 0 aliphatic carbocycles. The molecule has 0 heterocycles. The number of rotatable bonds is 5. The highest BCUT2D eigenvalue weighted by atomic mass is 19.1. The Balaban J connectivity index is 2.79. The molecule has 2 unspecified atom stereocenters. The highest BCUT2D eigenvalue weighted by Gasteiger charge is 2.24. The summed E-state index contributed by atoms with van der Waals surface area (Å²) in [6, 6.07) is 4.19. The lowest BCUT2D eigenvalue weighted by Crippen LogP contribution is -2.47. The van der Waals surface area contributed by atoms with Gasteiger partial charge in [0.25, 0.3) is 0 Å². The maximum Gasteiger partial charge on any atom is 0.326 e. The van der Waals surface area contributed by atoms with Gasteiger partial charge in [0.05, 0.1) is 6.04 Å². The summed E-state index contributed by atoms with van der Waals surface area (Å²) in [5.41, 5.74) is 0.383. The monoisotopic (exact) mass is 282 g/mol. The standard InChI is InChI=1S/C14H19FN2O3/c1-4-12(13(18)19)16-14(20)17(3)9(2)10-7-5-6-8-11(10)15/h5-9,12H,4H2,1-3H3,(H,16,20)(H,18,19). The topological polar surface area (TPSA) is 69.6 Å². The lowest BCUT2D eigenvalue weighted by atomic mass is 10.1. The van der Waals surface area contributed by atoms with Crippen LogP contribution in [0.4, 0.5) is 9.18 Å². The third kappa shape index (κ3) is 3.69. The van der Waals surface area contributed by atoms with E-state index < -0.39 is 29.9 Å². The van der Waals surface area contributed by atoms with Gasteiger partial charge < -0.3 is 15.3 Å². The van der Waals surface area contributed by atoms with E-state index in [0.717, 1.165) is 0 Å². The smallest absolute Gasteiger partial charge is 0.326 e. The molecule has 1 rings (SSSR count). The molecule has 110 valence electrons. The van der Waals surface area contributed by atoms with Crippen molar-refractivity contribution in [3.8, 4) is 0 Å². The van der Waals surface area contributed by atoms with Gasteiger partial charge in [-0.1, -0.05) is 25.1 Å². The van der Waals surface area contributed by atoms with E-state index in [-0.39, 0.29) is 6.42 Å². The van der Waals surface area contributed by atoms with Crippen molar-refractivity contribution in [2.75, 3.05) is 7.05 Å². The summed E-state index contributed by atoms with van der Waals surface area (Å²) in [7, 11) is 1.50. The van der Waals surface area contributed by atoms with Crippen LogP contribution < -0.4 is 5.32 Å². The Morgan fingerprint density at radius 1 is 1.40 bits per heavy atom. The molecule has 5 nitrogen and oxygen atoms in total. The lowest BCUT2D eigenvalue weighted by Gasteiger charge is -2.27. The van der Waals surface area contributed by atoms with Crippen molar-refractivity contribution in [1.82, 2.24) is 10.2 Å². The molecular formula is C14H19FN2O3. The Hall–Kier alpha value is -2.11. The summed E-state index contributed by atoms with van der Waals surface area (Å²) >= 11 is 0. The fourth-order valence-electron chi connectivity index (χ4n) is 1.79. The summed E-state index contributed by atoms with van der Waals surface area (Å²) < 4.78 is 13.7. The van der Waals surface area contributed by atoms with Crippen LogP contribution in [-0.4, -0.2) is 35.1 Å². The number of carbonyl (C=O) groups is 2. The molecule has 0 aliphatic heterocycles. The maximum absolute atomic E-state index is 13.7. The molecule has 2 atom stereocenters. The van der Waals surface area contributed by atoms with Crippen molar-refractivity contribution in [2.24, 2.45) is 0 Å². The van der Waals surface area contributed by atoms with Crippen LogP contribution in [0.5, 0.6) is 0 Å². The summed E-state index contributed by atoms with van der Waals surface area (Å²) in [6.45, 7) is 3.35. The SMILES string of the molecule is CCC(NC(=O)N(C)C(C)c1ccccc1F)C(=O)O. The largest absolute Gasteiger partial charge is 0.480 e. The first-order valence-electron chi connectivity index (χ1n) is 6.39. The molecule has 0 aromatic heterocycles. The van der Waals surface area contributed by atoms with Gasteiger partial charge in [-0.3, -0.25) is 0 Å². The van der Waals surface area contributed by atoms with Crippen LogP contribution in [0.15, 0.2) is 24.3 Å². The number of halogens is 1. The number of benzene rings is 1. The predicted octanol–water partition coefficient (Wildman–Crippen LogP) is 2.39. The molecule has 0 aliphatic rings. The third-order valence-corrected chi connectivity index (χ3v) is 3.26. The van der Waals surface area contributed by atoms with Gasteiger partial charge in [-0.15, -0.1) is 0 Å². The Morgan fingerprint density at radius 3 is 2.50 bits per heavy atom. The van der Waals surface area contributed by atoms with Gasteiger partial charge in [0, 0.05) is 12.6 Å². The first-order chi connectivity index (χ1) is 9.38. The molecule has 0 bridgehead atoms. The van der Waals surface area contributed by atoms with Crippen molar-refractivity contribution in [3.63, 3.8) is 0 Å². The van der Waals surface area contributed by atoms with E-state index in [4.69, 9.17) is 5.11 Å². The van der Waals surface area contributed by atoms with E-state index >= 15 is 0 Å². The summed E-state index contributed by atoms with van der Waals surface area (Å²) in [6.07, 6.45) is 0.281. The second-order valence-electron chi connectivity index (χ2n) is 4.56. The van der Waals surface area contributed by atoms with Gasteiger partial charge in [0.15, 0.2) is 0 Å². The number of urea groups is 1. The second kappa shape index (κ2) is 6.88. The van der Waals surface area contributed by atoms with Gasteiger partial charge in [0.1, 0.15) is 11.9 Å².